The van der Waals surface area contributed by atoms with Crippen LogP contribution < -0.4 is 16.4 Å². The highest BCUT2D eigenvalue weighted by Gasteiger charge is 2.32. The largest absolute Gasteiger partial charge is 0.366 e. The van der Waals surface area contributed by atoms with Crippen LogP contribution in [-0.2, 0) is 20.0 Å². The zero-order chi connectivity index (χ0) is 25.2. The number of halogens is 1. The Morgan fingerprint density at radius 1 is 1.03 bits per heavy atom. The third-order valence-corrected chi connectivity index (χ3v) is 6.61. The number of hydrogen-bond donors (Lipinski definition) is 1. The molecule has 2 N–H and O–H groups in total. The number of primary amides is 1. The number of aromatic nitrogens is 3. The van der Waals surface area contributed by atoms with E-state index in [-0.39, 0.29) is 11.6 Å². The number of hydrogen-bond acceptors (Lipinski definition) is 5. The molecular weight excluding hydrogens is 476 g/mol. The van der Waals surface area contributed by atoms with Crippen LogP contribution in [0.15, 0.2) is 88.8 Å². The number of nitrogens with zero attached hydrogens (tertiary/aromatic N) is 5. The van der Waals surface area contributed by atoms with E-state index in [4.69, 9.17) is 22.4 Å². The van der Waals surface area contributed by atoms with Crippen molar-refractivity contribution in [3.05, 3.63) is 117 Å². The Hall–Kier alpha value is -4.17. The summed E-state index contributed by atoms with van der Waals surface area (Å²) in [6.07, 6.45) is 0.585. The molecule has 0 saturated heterocycles. The first-order valence-corrected chi connectivity index (χ1v) is 12.0. The van der Waals surface area contributed by atoms with Crippen molar-refractivity contribution < 1.29 is 4.79 Å². The lowest BCUT2D eigenvalue weighted by molar-refractivity contribution is 0.100. The second kappa shape index (κ2) is 9.83. The first-order valence-electron chi connectivity index (χ1n) is 11.6. The average Bonchev–Trinajstić information content (AvgIpc) is 3.45. The minimum absolute atomic E-state index is 0.0106. The van der Waals surface area contributed by atoms with Gasteiger partial charge in [-0.3, -0.25) is 9.36 Å². The first-order chi connectivity index (χ1) is 17.4. The molecule has 0 radical (unpaired) electrons. The molecule has 1 unspecified atom stereocenters. The summed E-state index contributed by atoms with van der Waals surface area (Å²) in [5.74, 6) is 0.0236. The van der Waals surface area contributed by atoms with Crippen LogP contribution >= 0.6 is 11.6 Å². The number of anilines is 1. The second-order valence-electron chi connectivity index (χ2n) is 8.71. The SMILES string of the molecule is Cn1c(N2CC(c3ccccc3)C(c3ccc(Cl)cc3)=N2)nn(CCc2ccc(C(N)=O)cc2)c1=O. The van der Waals surface area contributed by atoms with E-state index in [9.17, 15) is 9.59 Å². The van der Waals surface area contributed by atoms with Crippen molar-refractivity contribution in [2.75, 3.05) is 11.6 Å². The van der Waals surface area contributed by atoms with Crippen LogP contribution in [0.2, 0.25) is 5.02 Å². The molecule has 0 fully saturated rings. The molecule has 8 nitrogen and oxygen atoms in total. The van der Waals surface area contributed by atoms with Gasteiger partial charge in [0.15, 0.2) is 0 Å². The Labute approximate surface area is 213 Å². The van der Waals surface area contributed by atoms with Crippen LogP contribution in [-0.4, -0.2) is 32.5 Å². The van der Waals surface area contributed by atoms with Crippen molar-refractivity contribution in [1.29, 1.82) is 0 Å². The highest BCUT2D eigenvalue weighted by atomic mass is 35.5. The minimum Gasteiger partial charge on any atom is -0.366 e. The van der Waals surface area contributed by atoms with E-state index in [1.54, 1.807) is 24.2 Å². The Morgan fingerprint density at radius 2 is 1.72 bits per heavy atom. The van der Waals surface area contributed by atoms with Gasteiger partial charge in [-0.05, 0) is 47.4 Å². The number of hydrazone groups is 1. The van der Waals surface area contributed by atoms with Gasteiger partial charge in [0.2, 0.25) is 11.9 Å². The first kappa shape index (κ1) is 23.6. The van der Waals surface area contributed by atoms with E-state index >= 15 is 0 Å². The van der Waals surface area contributed by atoms with Gasteiger partial charge in [-0.25, -0.2) is 14.5 Å². The molecule has 0 spiro atoms. The van der Waals surface area contributed by atoms with E-state index in [2.05, 4.69) is 17.2 Å². The monoisotopic (exact) mass is 500 g/mol. The number of aryl methyl sites for hydroxylation is 2. The van der Waals surface area contributed by atoms with Gasteiger partial charge in [0.1, 0.15) is 0 Å². The van der Waals surface area contributed by atoms with Gasteiger partial charge in [0.05, 0.1) is 18.8 Å². The molecule has 1 aliphatic heterocycles. The number of carbonyl (C=O) groups is 1. The lowest BCUT2D eigenvalue weighted by Gasteiger charge is -2.15. The zero-order valence-corrected chi connectivity index (χ0v) is 20.5. The molecule has 1 amide bonds. The minimum atomic E-state index is -0.468. The summed E-state index contributed by atoms with van der Waals surface area (Å²) in [4.78, 5) is 24.3. The number of benzene rings is 3. The fraction of sp³-hybridized carbons (Fsp3) is 0.185. The topological polar surface area (TPSA) is 98.5 Å². The van der Waals surface area contributed by atoms with Crippen LogP contribution in [0.4, 0.5) is 5.95 Å². The highest BCUT2D eigenvalue weighted by Crippen LogP contribution is 2.31. The smallest absolute Gasteiger partial charge is 0.347 e. The highest BCUT2D eigenvalue weighted by molar-refractivity contribution is 6.30. The average molecular weight is 501 g/mol. The fourth-order valence-electron chi connectivity index (χ4n) is 4.37. The quantitative estimate of drug-likeness (QED) is 0.419. The zero-order valence-electron chi connectivity index (χ0n) is 19.7. The number of amides is 1. The number of nitrogens with two attached hydrogens (primary N) is 1. The summed E-state index contributed by atoms with van der Waals surface area (Å²) in [6, 6.07) is 24.8. The van der Waals surface area contributed by atoms with Gasteiger partial charge >= 0.3 is 5.69 Å². The number of carbonyl (C=O) groups excluding carboxylic acids is 1. The predicted molar refractivity (Wildman–Crippen MR) is 141 cm³/mol. The van der Waals surface area contributed by atoms with E-state index in [0.29, 0.717) is 36.0 Å². The summed E-state index contributed by atoms with van der Waals surface area (Å²) in [6.45, 7) is 0.952. The van der Waals surface area contributed by atoms with E-state index < -0.39 is 5.91 Å². The molecule has 36 heavy (non-hydrogen) atoms. The summed E-state index contributed by atoms with van der Waals surface area (Å²) < 4.78 is 2.97. The van der Waals surface area contributed by atoms with E-state index in [1.165, 1.54) is 9.25 Å². The van der Waals surface area contributed by atoms with Crippen molar-refractivity contribution in [3.8, 4) is 0 Å². The van der Waals surface area contributed by atoms with Gasteiger partial charge in [0.25, 0.3) is 0 Å². The van der Waals surface area contributed by atoms with Gasteiger partial charge in [0, 0.05) is 23.6 Å². The van der Waals surface area contributed by atoms with Crippen molar-refractivity contribution in [2.45, 2.75) is 18.9 Å². The molecule has 0 saturated carbocycles. The summed E-state index contributed by atoms with van der Waals surface area (Å²) >= 11 is 6.11. The van der Waals surface area contributed by atoms with Gasteiger partial charge < -0.3 is 5.73 Å². The van der Waals surface area contributed by atoms with E-state index in [0.717, 1.165) is 22.4 Å². The Morgan fingerprint density at radius 3 is 2.39 bits per heavy atom. The van der Waals surface area contributed by atoms with Gasteiger partial charge in [-0.15, -0.1) is 5.10 Å². The molecule has 3 aromatic carbocycles. The molecular formula is C27H25ClN6O2. The number of rotatable bonds is 7. The molecule has 1 aliphatic rings. The normalized spacial score (nSPS) is 15.2. The van der Waals surface area contributed by atoms with Crippen LogP contribution in [0, 0.1) is 0 Å². The van der Waals surface area contributed by atoms with Crippen LogP contribution in [0.3, 0.4) is 0 Å². The third kappa shape index (κ3) is 4.67. The Kier molecular flexibility index (Phi) is 6.43. The third-order valence-electron chi connectivity index (χ3n) is 6.36. The maximum atomic E-state index is 13.0. The molecule has 0 aliphatic carbocycles. The summed E-state index contributed by atoms with van der Waals surface area (Å²) in [5, 5.41) is 12.0. The standard InChI is InChI=1S/C27H25ClN6O2/c1-32-26(31-33(27(32)36)16-15-18-7-9-21(10-8-18)25(29)35)34-17-23(19-5-3-2-4-6-19)24(30-34)20-11-13-22(28)14-12-20/h2-14,23H,15-17H2,1H3,(H2,29,35). The lowest BCUT2D eigenvalue weighted by Crippen LogP contribution is -2.25. The molecule has 1 atom stereocenters. The van der Waals surface area contributed by atoms with Crippen molar-refractivity contribution >= 4 is 29.2 Å². The van der Waals surface area contributed by atoms with Crippen LogP contribution in [0.1, 0.15) is 33.0 Å². The molecule has 182 valence electrons. The molecule has 1 aromatic heterocycles. The molecule has 5 rings (SSSR count). The molecule has 4 aromatic rings. The van der Waals surface area contributed by atoms with Crippen molar-refractivity contribution in [2.24, 2.45) is 17.9 Å². The van der Waals surface area contributed by atoms with Crippen LogP contribution in [0.25, 0.3) is 0 Å². The maximum absolute atomic E-state index is 13.0. The fourth-order valence-corrected chi connectivity index (χ4v) is 4.50. The van der Waals surface area contributed by atoms with Crippen molar-refractivity contribution in [1.82, 2.24) is 14.3 Å². The van der Waals surface area contributed by atoms with Gasteiger partial charge in [-0.2, -0.15) is 5.10 Å². The molecule has 2 heterocycles. The lowest BCUT2D eigenvalue weighted by atomic mass is 9.91. The maximum Gasteiger partial charge on any atom is 0.347 e. The summed E-state index contributed by atoms with van der Waals surface area (Å²) in [5.41, 5.74) is 9.53. The van der Waals surface area contributed by atoms with E-state index in [1.807, 2.05) is 54.6 Å². The predicted octanol–water partition coefficient (Wildman–Crippen LogP) is 3.58. The summed E-state index contributed by atoms with van der Waals surface area (Å²) in [7, 11) is 1.70. The van der Waals surface area contributed by atoms with Gasteiger partial charge in [-0.1, -0.05) is 66.2 Å². The Bertz CT molecular complexity index is 1470. The van der Waals surface area contributed by atoms with Crippen molar-refractivity contribution in [3.63, 3.8) is 0 Å². The molecule has 9 heteroatoms. The second-order valence-corrected chi connectivity index (χ2v) is 9.15. The van der Waals surface area contributed by atoms with Crippen LogP contribution in [0.5, 0.6) is 0 Å². The Balaban J connectivity index is 1.42. The molecule has 0 bridgehead atoms.